The molecule has 1 aliphatic rings. The maximum absolute atomic E-state index is 9.78. The van der Waals surface area contributed by atoms with E-state index in [9.17, 15) is 20.4 Å². The zero-order valence-corrected chi connectivity index (χ0v) is 11.4. The minimum atomic E-state index is -1.44. The van der Waals surface area contributed by atoms with Gasteiger partial charge in [-0.2, -0.15) is 0 Å². The summed E-state index contributed by atoms with van der Waals surface area (Å²) in [6, 6.07) is 6.60. The van der Waals surface area contributed by atoms with Gasteiger partial charge in [0.25, 0.3) is 0 Å². The minimum Gasteiger partial charge on any atom is -0.508 e. The van der Waals surface area contributed by atoms with E-state index in [1.165, 1.54) is 0 Å². The van der Waals surface area contributed by atoms with Gasteiger partial charge in [-0.3, -0.25) is 0 Å². The lowest BCUT2D eigenvalue weighted by molar-refractivity contribution is -0.300. The van der Waals surface area contributed by atoms with Crippen LogP contribution < -0.4 is 0 Å². The van der Waals surface area contributed by atoms with Crippen molar-refractivity contribution in [2.45, 2.75) is 37.1 Å². The molecule has 0 saturated carbocycles. The molecule has 5 N–H and O–H groups in total. The molecule has 1 aliphatic heterocycles. The third-order valence-corrected chi connectivity index (χ3v) is 3.46. The molecule has 21 heavy (non-hydrogen) atoms. The van der Waals surface area contributed by atoms with Crippen LogP contribution in [0.2, 0.25) is 0 Å². The number of aliphatic hydroxyl groups excluding tert-OH is 4. The predicted octanol–water partition coefficient (Wildman–Crippen LogP) is -1.25. The van der Waals surface area contributed by atoms with Crippen molar-refractivity contribution in [3.8, 4) is 5.75 Å². The highest BCUT2D eigenvalue weighted by Crippen LogP contribution is 2.22. The fraction of sp³-hybridized carbons (Fsp3) is 0.571. The van der Waals surface area contributed by atoms with Gasteiger partial charge in [0.1, 0.15) is 30.2 Å². The second-order valence-electron chi connectivity index (χ2n) is 4.98. The van der Waals surface area contributed by atoms with E-state index >= 15 is 0 Å². The van der Waals surface area contributed by atoms with Gasteiger partial charge in [0.15, 0.2) is 6.29 Å². The summed E-state index contributed by atoms with van der Waals surface area (Å²) in [5, 5.41) is 47.3. The number of aliphatic hydroxyl groups is 4. The maximum Gasteiger partial charge on any atom is 0.186 e. The molecule has 2 rings (SSSR count). The number of rotatable bonds is 5. The van der Waals surface area contributed by atoms with Crippen LogP contribution in [0.5, 0.6) is 5.75 Å². The standard InChI is InChI=1S/C14H20O7/c15-7-10-11(17)12(18)13(19)14(21-10)20-6-5-8-1-3-9(16)4-2-8/h1-4,10-19H,5-7H2/t10-,11-,12-,13-,14+/m1/s1. The summed E-state index contributed by atoms with van der Waals surface area (Å²) in [5.41, 5.74) is 0.928. The average Bonchev–Trinajstić information content (AvgIpc) is 2.49. The van der Waals surface area contributed by atoms with E-state index in [0.29, 0.717) is 6.42 Å². The Balaban J connectivity index is 1.85. The zero-order valence-electron chi connectivity index (χ0n) is 11.4. The molecule has 7 heteroatoms. The summed E-state index contributed by atoms with van der Waals surface area (Å²) in [5.74, 6) is 0.175. The van der Waals surface area contributed by atoms with E-state index < -0.39 is 37.3 Å². The van der Waals surface area contributed by atoms with Crippen molar-refractivity contribution in [3.63, 3.8) is 0 Å². The van der Waals surface area contributed by atoms with Crippen LogP contribution in [-0.4, -0.2) is 69.5 Å². The van der Waals surface area contributed by atoms with Crippen molar-refractivity contribution in [1.82, 2.24) is 0 Å². The first kappa shape index (κ1) is 16.2. The van der Waals surface area contributed by atoms with Gasteiger partial charge >= 0.3 is 0 Å². The molecular formula is C14H20O7. The molecule has 1 heterocycles. The first-order valence-electron chi connectivity index (χ1n) is 6.73. The van der Waals surface area contributed by atoms with Crippen LogP contribution in [0.1, 0.15) is 5.56 Å². The Morgan fingerprint density at radius 2 is 1.67 bits per heavy atom. The number of phenolic OH excluding ortho intramolecular Hbond substituents is 1. The number of aromatic hydroxyl groups is 1. The molecule has 0 unspecified atom stereocenters. The van der Waals surface area contributed by atoms with E-state index in [1.54, 1.807) is 24.3 Å². The Hall–Kier alpha value is -1.22. The van der Waals surface area contributed by atoms with E-state index in [0.717, 1.165) is 5.56 Å². The monoisotopic (exact) mass is 300 g/mol. The van der Waals surface area contributed by atoms with Crippen molar-refractivity contribution in [2.24, 2.45) is 0 Å². The molecule has 0 radical (unpaired) electrons. The molecule has 0 spiro atoms. The fourth-order valence-electron chi connectivity index (χ4n) is 2.16. The Kier molecular flexibility index (Phi) is 5.51. The summed E-state index contributed by atoms with van der Waals surface area (Å²) in [6.45, 7) is -0.268. The lowest BCUT2D eigenvalue weighted by Crippen LogP contribution is -2.59. The molecular weight excluding hydrogens is 280 g/mol. The van der Waals surface area contributed by atoms with Gasteiger partial charge in [0.2, 0.25) is 0 Å². The van der Waals surface area contributed by atoms with Crippen LogP contribution in [0, 0.1) is 0 Å². The van der Waals surface area contributed by atoms with Gasteiger partial charge < -0.3 is 35.0 Å². The molecule has 118 valence electrons. The predicted molar refractivity (Wildman–Crippen MR) is 71.5 cm³/mol. The zero-order chi connectivity index (χ0) is 15.4. The maximum atomic E-state index is 9.78. The number of hydrogen-bond donors (Lipinski definition) is 5. The van der Waals surface area contributed by atoms with Gasteiger partial charge in [0.05, 0.1) is 13.2 Å². The molecule has 0 bridgehead atoms. The number of benzene rings is 1. The summed E-state index contributed by atoms with van der Waals surface area (Å²) < 4.78 is 10.6. The normalized spacial score (nSPS) is 33.0. The van der Waals surface area contributed by atoms with E-state index in [2.05, 4.69) is 0 Å². The van der Waals surface area contributed by atoms with Gasteiger partial charge in [-0.1, -0.05) is 12.1 Å². The molecule has 1 fully saturated rings. The number of ether oxygens (including phenoxy) is 2. The SMILES string of the molecule is OC[C@H]1O[C@H](OCCc2ccc(O)cc2)[C@H](O)[C@H](O)[C@@H]1O. The topological polar surface area (TPSA) is 120 Å². The summed E-state index contributed by atoms with van der Waals surface area (Å²) in [6.07, 6.45) is -5.77. The van der Waals surface area contributed by atoms with Crippen molar-refractivity contribution < 1.29 is 35.0 Å². The Morgan fingerprint density at radius 3 is 2.29 bits per heavy atom. The molecule has 0 aromatic heterocycles. The molecule has 1 aromatic carbocycles. The quantitative estimate of drug-likeness (QED) is 0.461. The number of phenols is 1. The smallest absolute Gasteiger partial charge is 0.186 e. The van der Waals surface area contributed by atoms with Crippen LogP contribution in [0.15, 0.2) is 24.3 Å². The number of hydrogen-bond acceptors (Lipinski definition) is 7. The lowest BCUT2D eigenvalue weighted by atomic mass is 9.99. The summed E-state index contributed by atoms with van der Waals surface area (Å²) in [7, 11) is 0. The highest BCUT2D eigenvalue weighted by Gasteiger charge is 2.43. The van der Waals surface area contributed by atoms with Crippen LogP contribution in [0.3, 0.4) is 0 Å². The van der Waals surface area contributed by atoms with Gasteiger partial charge in [-0.05, 0) is 24.1 Å². The molecule has 1 aromatic rings. The second kappa shape index (κ2) is 7.17. The average molecular weight is 300 g/mol. The van der Waals surface area contributed by atoms with Crippen LogP contribution in [0.25, 0.3) is 0 Å². The van der Waals surface area contributed by atoms with E-state index in [1.807, 2.05) is 0 Å². The van der Waals surface area contributed by atoms with Crippen molar-refractivity contribution in [3.05, 3.63) is 29.8 Å². The van der Waals surface area contributed by atoms with Gasteiger partial charge in [-0.25, -0.2) is 0 Å². The molecule has 0 amide bonds. The van der Waals surface area contributed by atoms with E-state index in [4.69, 9.17) is 14.6 Å². The van der Waals surface area contributed by atoms with Crippen LogP contribution in [-0.2, 0) is 15.9 Å². The fourth-order valence-corrected chi connectivity index (χ4v) is 2.16. The minimum absolute atomic E-state index is 0.175. The van der Waals surface area contributed by atoms with Crippen molar-refractivity contribution in [1.29, 1.82) is 0 Å². The molecule has 5 atom stereocenters. The third kappa shape index (κ3) is 3.91. The first-order chi connectivity index (χ1) is 10.0. The highest BCUT2D eigenvalue weighted by atomic mass is 16.7. The molecule has 0 aliphatic carbocycles. The molecule has 1 saturated heterocycles. The first-order valence-corrected chi connectivity index (χ1v) is 6.73. The van der Waals surface area contributed by atoms with Gasteiger partial charge in [-0.15, -0.1) is 0 Å². The Labute approximate surface area is 122 Å². The van der Waals surface area contributed by atoms with Gasteiger partial charge in [0, 0.05) is 0 Å². The second-order valence-corrected chi connectivity index (χ2v) is 4.98. The highest BCUT2D eigenvalue weighted by molar-refractivity contribution is 5.25. The summed E-state index contributed by atoms with van der Waals surface area (Å²) in [4.78, 5) is 0. The lowest BCUT2D eigenvalue weighted by Gasteiger charge is -2.39. The van der Waals surface area contributed by atoms with E-state index in [-0.39, 0.29) is 12.4 Å². The Morgan fingerprint density at radius 1 is 1.00 bits per heavy atom. The third-order valence-electron chi connectivity index (χ3n) is 3.46. The Bertz CT molecular complexity index is 433. The molecule has 7 nitrogen and oxygen atoms in total. The van der Waals surface area contributed by atoms with Crippen LogP contribution >= 0.6 is 0 Å². The van der Waals surface area contributed by atoms with Crippen LogP contribution in [0.4, 0.5) is 0 Å². The van der Waals surface area contributed by atoms with Crippen molar-refractivity contribution in [2.75, 3.05) is 13.2 Å². The van der Waals surface area contributed by atoms with Crippen molar-refractivity contribution >= 4 is 0 Å². The largest absolute Gasteiger partial charge is 0.508 e. The summed E-state index contributed by atoms with van der Waals surface area (Å²) >= 11 is 0.